The van der Waals surface area contributed by atoms with Gasteiger partial charge < -0.3 is 24.8 Å². The van der Waals surface area contributed by atoms with Gasteiger partial charge in [-0.3, -0.25) is 34.1 Å². The van der Waals surface area contributed by atoms with E-state index >= 15 is 0 Å². The Labute approximate surface area is 198 Å². The van der Waals surface area contributed by atoms with Crippen molar-refractivity contribution in [2.24, 2.45) is 0 Å². The number of nitrogens with zero attached hydrogens (tertiary/aromatic N) is 2. The van der Waals surface area contributed by atoms with Gasteiger partial charge in [0.05, 0.1) is 23.7 Å². The highest BCUT2D eigenvalue weighted by Crippen LogP contribution is 2.38. The molecular formula is C20H24N4O11. The van der Waals surface area contributed by atoms with E-state index in [2.05, 4.69) is 15.5 Å². The minimum absolute atomic E-state index is 0.00496. The Kier molecular flexibility index (Phi) is 9.31. The lowest BCUT2D eigenvalue weighted by Gasteiger charge is -2.18. The third-order valence-corrected chi connectivity index (χ3v) is 4.57. The molecule has 1 unspecified atom stereocenters. The second-order valence-corrected chi connectivity index (χ2v) is 7.12. The normalized spacial score (nSPS) is 13.6. The predicted molar refractivity (Wildman–Crippen MR) is 114 cm³/mol. The molecule has 2 N–H and O–H groups in total. The lowest BCUT2D eigenvalue weighted by atomic mass is 10.1. The van der Waals surface area contributed by atoms with Crippen LogP contribution in [0.1, 0.15) is 38.4 Å². The van der Waals surface area contributed by atoms with Gasteiger partial charge in [-0.05, 0) is 13.0 Å². The summed E-state index contributed by atoms with van der Waals surface area (Å²) < 4.78 is 15.5. The Morgan fingerprint density at radius 1 is 1.11 bits per heavy atom. The Bertz CT molecular complexity index is 1010. The van der Waals surface area contributed by atoms with Crippen molar-refractivity contribution in [3.63, 3.8) is 0 Å². The standard InChI is InChI=1S/C20H24N4O11/c1-11(34-20(29)35-23-18(27)4-5-19(23)28)13-8-15(32-3)16(9-14(13)24(30)31)33-10-17(26)22-7-6-21-12(2)25/h8-9,11H,4-7,10H2,1-3H3,(H,21,25)(H,22,26). The molecule has 15 nitrogen and oxygen atoms in total. The van der Waals surface area contributed by atoms with Gasteiger partial charge in [0.25, 0.3) is 23.4 Å². The molecule has 1 aromatic carbocycles. The molecule has 1 aliphatic rings. The second kappa shape index (κ2) is 12.2. The number of carbonyl (C=O) groups excluding carboxylic acids is 5. The van der Waals surface area contributed by atoms with Crippen LogP contribution in [0.25, 0.3) is 0 Å². The zero-order valence-electron chi connectivity index (χ0n) is 19.2. The van der Waals surface area contributed by atoms with Gasteiger partial charge in [-0.2, -0.15) is 0 Å². The van der Waals surface area contributed by atoms with Gasteiger partial charge >= 0.3 is 6.16 Å². The van der Waals surface area contributed by atoms with E-state index in [1.807, 2.05) is 0 Å². The Balaban J connectivity index is 2.09. The number of nitro groups is 1. The topological polar surface area (TPSA) is 193 Å². The predicted octanol–water partition coefficient (Wildman–Crippen LogP) is 0.513. The van der Waals surface area contributed by atoms with Gasteiger partial charge in [0.2, 0.25) is 5.91 Å². The number of amides is 4. The van der Waals surface area contributed by atoms with Crippen LogP contribution in [0.3, 0.4) is 0 Å². The van der Waals surface area contributed by atoms with Gasteiger partial charge in [-0.25, -0.2) is 4.79 Å². The number of carbonyl (C=O) groups is 5. The summed E-state index contributed by atoms with van der Waals surface area (Å²) in [6.07, 6.45) is -2.89. The van der Waals surface area contributed by atoms with Gasteiger partial charge in [-0.1, -0.05) is 5.06 Å². The number of benzene rings is 1. The van der Waals surface area contributed by atoms with E-state index in [9.17, 15) is 34.1 Å². The first-order valence-electron chi connectivity index (χ1n) is 10.3. The molecule has 190 valence electrons. The van der Waals surface area contributed by atoms with E-state index < -0.39 is 47.2 Å². The third kappa shape index (κ3) is 7.55. The number of hydrogen-bond donors (Lipinski definition) is 2. The lowest BCUT2D eigenvalue weighted by molar-refractivity contribution is -0.386. The number of hydroxylamine groups is 2. The number of hydrogen-bond acceptors (Lipinski definition) is 11. The molecule has 35 heavy (non-hydrogen) atoms. The summed E-state index contributed by atoms with van der Waals surface area (Å²) in [6.45, 7) is 2.50. The van der Waals surface area contributed by atoms with Gasteiger partial charge in [0.15, 0.2) is 18.1 Å². The second-order valence-electron chi connectivity index (χ2n) is 7.12. The van der Waals surface area contributed by atoms with Crippen LogP contribution in [0.4, 0.5) is 10.5 Å². The molecule has 0 radical (unpaired) electrons. The average Bonchev–Trinajstić information content (AvgIpc) is 3.11. The minimum atomic E-state index is -1.41. The summed E-state index contributed by atoms with van der Waals surface area (Å²) in [6, 6.07) is 2.18. The first kappa shape index (κ1) is 26.8. The van der Waals surface area contributed by atoms with Crippen LogP contribution in [0.5, 0.6) is 11.5 Å². The van der Waals surface area contributed by atoms with Crippen molar-refractivity contribution < 1.29 is 47.9 Å². The van der Waals surface area contributed by atoms with E-state index in [4.69, 9.17) is 14.2 Å². The van der Waals surface area contributed by atoms with Gasteiger partial charge in [0.1, 0.15) is 6.10 Å². The summed E-state index contributed by atoms with van der Waals surface area (Å²) >= 11 is 0. The van der Waals surface area contributed by atoms with Crippen molar-refractivity contribution in [1.29, 1.82) is 0 Å². The zero-order valence-corrected chi connectivity index (χ0v) is 19.2. The highest BCUT2D eigenvalue weighted by molar-refractivity contribution is 6.01. The SMILES string of the molecule is COc1cc(C(C)OC(=O)ON2C(=O)CCC2=O)c([N+](=O)[O-])cc1OCC(=O)NCCNC(C)=O. The van der Waals surface area contributed by atoms with Gasteiger partial charge in [-0.15, -0.1) is 0 Å². The van der Waals surface area contributed by atoms with Crippen molar-refractivity contribution in [3.8, 4) is 11.5 Å². The Morgan fingerprint density at radius 2 is 1.74 bits per heavy atom. The molecule has 4 amide bonds. The molecule has 2 rings (SSSR count). The Hall–Kier alpha value is -4.43. The first-order chi connectivity index (χ1) is 16.5. The van der Waals surface area contributed by atoms with E-state index in [-0.39, 0.29) is 54.0 Å². The van der Waals surface area contributed by atoms with Crippen molar-refractivity contribution in [1.82, 2.24) is 15.7 Å². The van der Waals surface area contributed by atoms with Crippen LogP contribution in [0.15, 0.2) is 12.1 Å². The summed E-state index contributed by atoms with van der Waals surface area (Å²) in [5.41, 5.74) is -0.615. The number of rotatable bonds is 11. The van der Waals surface area contributed by atoms with Crippen molar-refractivity contribution in [3.05, 3.63) is 27.8 Å². The number of nitrogens with one attached hydrogen (secondary N) is 2. The summed E-state index contributed by atoms with van der Waals surface area (Å²) in [4.78, 5) is 73.3. The van der Waals surface area contributed by atoms with Crippen molar-refractivity contribution >= 4 is 35.5 Å². The van der Waals surface area contributed by atoms with Crippen LogP contribution < -0.4 is 20.1 Å². The molecule has 1 aliphatic heterocycles. The smallest absolute Gasteiger partial charge is 0.493 e. The van der Waals surface area contributed by atoms with Crippen LogP contribution in [-0.2, 0) is 28.8 Å². The van der Waals surface area contributed by atoms with E-state index in [0.29, 0.717) is 0 Å². The van der Waals surface area contributed by atoms with Crippen molar-refractivity contribution in [2.75, 3.05) is 26.8 Å². The number of ether oxygens (including phenoxy) is 3. The maximum atomic E-state index is 12.0. The molecular weight excluding hydrogens is 472 g/mol. The zero-order chi connectivity index (χ0) is 26.1. The van der Waals surface area contributed by atoms with Crippen LogP contribution >= 0.6 is 0 Å². The first-order valence-corrected chi connectivity index (χ1v) is 10.3. The molecule has 0 aliphatic carbocycles. The van der Waals surface area contributed by atoms with Crippen LogP contribution in [0, 0.1) is 10.1 Å². The van der Waals surface area contributed by atoms with Crippen LogP contribution in [-0.4, -0.2) is 66.6 Å². The molecule has 1 saturated heterocycles. The average molecular weight is 496 g/mol. The molecule has 15 heteroatoms. The fraction of sp³-hybridized carbons (Fsp3) is 0.450. The Morgan fingerprint density at radius 3 is 2.31 bits per heavy atom. The minimum Gasteiger partial charge on any atom is -0.493 e. The molecule has 0 bridgehead atoms. The summed E-state index contributed by atoms with van der Waals surface area (Å²) in [5.74, 6) is -2.35. The molecule has 0 aromatic heterocycles. The third-order valence-electron chi connectivity index (χ3n) is 4.57. The largest absolute Gasteiger partial charge is 0.534 e. The molecule has 1 heterocycles. The monoisotopic (exact) mass is 496 g/mol. The quantitative estimate of drug-likeness (QED) is 0.143. The summed E-state index contributed by atoms with van der Waals surface area (Å²) in [7, 11) is 1.26. The molecule has 1 atom stereocenters. The molecule has 1 aromatic rings. The highest BCUT2D eigenvalue weighted by Gasteiger charge is 2.34. The summed E-state index contributed by atoms with van der Waals surface area (Å²) in [5, 5.41) is 16.9. The molecule has 0 saturated carbocycles. The molecule has 0 spiro atoms. The van der Waals surface area contributed by atoms with Gasteiger partial charge in [0, 0.05) is 32.9 Å². The van der Waals surface area contributed by atoms with E-state index in [1.165, 1.54) is 27.0 Å². The molecule has 1 fully saturated rings. The fourth-order valence-corrected chi connectivity index (χ4v) is 2.92. The van der Waals surface area contributed by atoms with E-state index in [0.717, 1.165) is 6.07 Å². The maximum absolute atomic E-state index is 12.0. The highest BCUT2D eigenvalue weighted by atomic mass is 16.8. The number of methoxy groups -OCH3 is 1. The maximum Gasteiger partial charge on any atom is 0.534 e. The van der Waals surface area contributed by atoms with E-state index in [1.54, 1.807) is 0 Å². The fourth-order valence-electron chi connectivity index (χ4n) is 2.92. The number of imide groups is 1. The van der Waals surface area contributed by atoms with Crippen molar-refractivity contribution in [2.45, 2.75) is 32.8 Å². The number of nitro benzene ring substituents is 1. The lowest BCUT2D eigenvalue weighted by Crippen LogP contribution is -2.36. The van der Waals surface area contributed by atoms with Crippen LogP contribution in [0.2, 0.25) is 0 Å².